The number of amides is 1. The Balaban J connectivity index is 1.56. The van der Waals surface area contributed by atoms with Crippen LogP contribution in [0.3, 0.4) is 0 Å². The average molecular weight is 549 g/mol. The Morgan fingerprint density at radius 1 is 0.950 bits per heavy atom. The van der Waals surface area contributed by atoms with E-state index < -0.39 is 29.2 Å². The van der Waals surface area contributed by atoms with Crippen LogP contribution in [-0.2, 0) is 10.2 Å². The SMILES string of the molecule is CC1=C[C@@H]2N(c3ccc(C)cc31)[C@H](C(=O)c1cccs1)[C@H](C(=O)c1ccc(F)cc1)[C@]21C(=O)Nc2ccccc21. The number of fused-ring (bicyclic) bond motifs is 6. The van der Waals surface area contributed by atoms with E-state index in [1.54, 1.807) is 6.07 Å². The zero-order valence-corrected chi connectivity index (χ0v) is 22.7. The Bertz CT molecular complexity index is 1740. The molecule has 0 radical (unpaired) electrons. The molecule has 40 heavy (non-hydrogen) atoms. The monoisotopic (exact) mass is 548 g/mol. The lowest BCUT2D eigenvalue weighted by Crippen LogP contribution is -2.51. The normalized spacial score (nSPS) is 24.3. The van der Waals surface area contributed by atoms with Crippen molar-refractivity contribution in [3.63, 3.8) is 0 Å². The van der Waals surface area contributed by atoms with Crippen molar-refractivity contribution >= 4 is 45.8 Å². The summed E-state index contributed by atoms with van der Waals surface area (Å²) in [7, 11) is 0. The van der Waals surface area contributed by atoms with E-state index in [0.717, 1.165) is 22.4 Å². The molecule has 4 atom stereocenters. The first-order chi connectivity index (χ1) is 19.3. The van der Waals surface area contributed by atoms with Gasteiger partial charge in [0, 0.05) is 22.5 Å². The number of allylic oxidation sites excluding steroid dienone is 1. The van der Waals surface area contributed by atoms with E-state index in [1.807, 2.05) is 72.7 Å². The number of Topliss-reactive ketones (excluding diaryl/α,β-unsaturated/α-hetero) is 2. The van der Waals surface area contributed by atoms with Gasteiger partial charge in [-0.1, -0.05) is 42.0 Å². The summed E-state index contributed by atoms with van der Waals surface area (Å²) in [6.45, 7) is 4.02. The first kappa shape index (κ1) is 24.7. The maximum Gasteiger partial charge on any atom is 0.238 e. The molecule has 4 heterocycles. The van der Waals surface area contributed by atoms with Gasteiger partial charge in [0.1, 0.15) is 17.3 Å². The molecule has 3 aliphatic rings. The van der Waals surface area contributed by atoms with E-state index >= 15 is 0 Å². The van der Waals surface area contributed by atoms with Gasteiger partial charge in [-0.25, -0.2) is 4.39 Å². The number of thiophene rings is 1. The van der Waals surface area contributed by atoms with Gasteiger partial charge in [0.15, 0.2) is 11.6 Å². The third-order valence-electron chi connectivity index (χ3n) is 8.58. The van der Waals surface area contributed by atoms with Crippen LogP contribution in [0, 0.1) is 18.7 Å². The Morgan fingerprint density at radius 3 is 2.48 bits per heavy atom. The van der Waals surface area contributed by atoms with Crippen molar-refractivity contribution < 1.29 is 18.8 Å². The second-order valence-corrected chi connectivity index (χ2v) is 11.7. The van der Waals surface area contributed by atoms with Gasteiger partial charge in [0.25, 0.3) is 0 Å². The van der Waals surface area contributed by atoms with Crippen molar-refractivity contribution in [2.75, 3.05) is 10.2 Å². The van der Waals surface area contributed by atoms with Crippen molar-refractivity contribution in [2.45, 2.75) is 31.3 Å². The number of nitrogens with zero attached hydrogens (tertiary/aromatic N) is 1. The second-order valence-electron chi connectivity index (χ2n) is 10.7. The summed E-state index contributed by atoms with van der Waals surface area (Å²) < 4.78 is 13.9. The molecule has 7 rings (SSSR count). The van der Waals surface area contributed by atoms with E-state index in [9.17, 15) is 18.8 Å². The maximum atomic E-state index is 14.7. The average Bonchev–Trinajstić information content (AvgIpc) is 3.66. The van der Waals surface area contributed by atoms with Gasteiger partial charge in [-0.15, -0.1) is 11.3 Å². The highest BCUT2D eigenvalue weighted by atomic mass is 32.1. The summed E-state index contributed by atoms with van der Waals surface area (Å²) in [6.07, 6.45) is 2.04. The van der Waals surface area contributed by atoms with Gasteiger partial charge in [0.05, 0.1) is 16.8 Å². The van der Waals surface area contributed by atoms with Crippen molar-refractivity contribution in [1.82, 2.24) is 0 Å². The number of carbonyl (C=O) groups is 3. The van der Waals surface area contributed by atoms with Crippen molar-refractivity contribution in [1.29, 1.82) is 0 Å². The predicted molar refractivity (Wildman–Crippen MR) is 155 cm³/mol. The minimum Gasteiger partial charge on any atom is -0.352 e. The third-order valence-corrected chi connectivity index (χ3v) is 9.46. The van der Waals surface area contributed by atoms with Crippen LogP contribution in [0.1, 0.15) is 43.6 Å². The van der Waals surface area contributed by atoms with Crippen molar-refractivity contribution in [2.24, 2.45) is 5.92 Å². The van der Waals surface area contributed by atoms with Gasteiger partial charge >= 0.3 is 0 Å². The Hall–Kier alpha value is -4.36. The molecule has 0 saturated carbocycles. The molecule has 1 spiro atoms. The van der Waals surface area contributed by atoms with Crippen LogP contribution in [0.2, 0.25) is 0 Å². The van der Waals surface area contributed by atoms with Crippen molar-refractivity contribution in [3.05, 3.63) is 123 Å². The highest BCUT2D eigenvalue weighted by Gasteiger charge is 2.70. The van der Waals surface area contributed by atoms with E-state index in [4.69, 9.17) is 0 Å². The standard InChI is InChI=1S/C33H25FN2O3S/c1-18-9-14-25-22(16-18)19(2)17-27-33(23-6-3-4-7-24(23)35-32(33)39)28(30(37)20-10-12-21(34)13-11-20)29(36(25)27)31(38)26-8-5-15-40-26/h3-17,27-29H,1-2H3,(H,35,39)/t27-,28+,29-,33+/m0/s1. The summed E-state index contributed by atoms with van der Waals surface area (Å²) >= 11 is 1.32. The summed E-state index contributed by atoms with van der Waals surface area (Å²) in [4.78, 5) is 46.0. The first-order valence-electron chi connectivity index (χ1n) is 13.2. The Kier molecular flexibility index (Phi) is 5.44. The molecule has 0 bridgehead atoms. The zero-order chi connectivity index (χ0) is 27.8. The summed E-state index contributed by atoms with van der Waals surface area (Å²) in [5.41, 5.74) is 4.04. The number of carbonyl (C=O) groups excluding carboxylic acids is 3. The minimum absolute atomic E-state index is 0.214. The topological polar surface area (TPSA) is 66.5 Å². The number of ketones is 2. The quantitative estimate of drug-likeness (QED) is 0.298. The molecule has 1 aromatic heterocycles. The molecule has 1 amide bonds. The number of aryl methyl sites for hydroxylation is 1. The van der Waals surface area contributed by atoms with Crippen LogP contribution in [0.15, 0.2) is 90.3 Å². The molecule has 0 aliphatic carbocycles. The molecule has 7 heteroatoms. The minimum atomic E-state index is -1.39. The fraction of sp³-hybridized carbons (Fsp3) is 0.182. The molecule has 1 saturated heterocycles. The molecular formula is C33H25FN2O3S. The van der Waals surface area contributed by atoms with Gasteiger partial charge in [-0.3, -0.25) is 14.4 Å². The third kappa shape index (κ3) is 3.27. The predicted octanol–water partition coefficient (Wildman–Crippen LogP) is 6.44. The molecular weight excluding hydrogens is 523 g/mol. The van der Waals surface area contributed by atoms with Gasteiger partial charge in [-0.05, 0) is 78.9 Å². The smallest absolute Gasteiger partial charge is 0.238 e. The lowest BCUT2D eigenvalue weighted by molar-refractivity contribution is -0.121. The fourth-order valence-corrected chi connectivity index (χ4v) is 7.60. The number of hydrogen-bond acceptors (Lipinski definition) is 5. The molecule has 1 fully saturated rings. The fourth-order valence-electron chi connectivity index (χ4n) is 6.90. The summed E-state index contributed by atoms with van der Waals surface area (Å²) in [5, 5.41) is 4.87. The van der Waals surface area contributed by atoms with E-state index in [1.165, 1.54) is 35.6 Å². The highest BCUT2D eigenvalue weighted by molar-refractivity contribution is 7.12. The molecule has 1 N–H and O–H groups in total. The maximum absolute atomic E-state index is 14.7. The Morgan fingerprint density at radius 2 is 1.73 bits per heavy atom. The Labute approximate surface area is 235 Å². The number of anilines is 2. The highest BCUT2D eigenvalue weighted by Crippen LogP contribution is 2.59. The number of rotatable bonds is 4. The van der Waals surface area contributed by atoms with Crippen LogP contribution in [0.25, 0.3) is 5.57 Å². The van der Waals surface area contributed by atoms with Gasteiger partial charge in [-0.2, -0.15) is 0 Å². The van der Waals surface area contributed by atoms with Crippen molar-refractivity contribution in [3.8, 4) is 0 Å². The molecule has 4 aromatic rings. The van der Waals surface area contributed by atoms with Crippen LogP contribution < -0.4 is 10.2 Å². The number of hydrogen-bond donors (Lipinski definition) is 1. The summed E-state index contributed by atoms with van der Waals surface area (Å²) in [5.74, 6) is -2.43. The lowest BCUT2D eigenvalue weighted by atomic mass is 9.64. The molecule has 0 unspecified atom stereocenters. The second kappa shape index (κ2) is 8.83. The van der Waals surface area contributed by atoms with Crippen LogP contribution in [0.4, 0.5) is 15.8 Å². The number of nitrogens with one attached hydrogen (secondary N) is 1. The number of para-hydroxylation sites is 1. The van der Waals surface area contributed by atoms with Crippen LogP contribution in [0.5, 0.6) is 0 Å². The molecule has 5 nitrogen and oxygen atoms in total. The van der Waals surface area contributed by atoms with Gasteiger partial charge in [0.2, 0.25) is 5.91 Å². The molecule has 3 aliphatic heterocycles. The summed E-state index contributed by atoms with van der Waals surface area (Å²) in [6, 6.07) is 20.8. The van der Waals surface area contributed by atoms with E-state index in [-0.39, 0.29) is 23.0 Å². The first-order valence-corrected chi connectivity index (χ1v) is 14.1. The molecule has 198 valence electrons. The number of benzene rings is 3. The molecule has 3 aromatic carbocycles. The van der Waals surface area contributed by atoms with Gasteiger partial charge < -0.3 is 10.2 Å². The van der Waals surface area contributed by atoms with Crippen LogP contribution >= 0.6 is 11.3 Å². The van der Waals surface area contributed by atoms with E-state index in [2.05, 4.69) is 11.4 Å². The zero-order valence-electron chi connectivity index (χ0n) is 21.9. The lowest BCUT2D eigenvalue weighted by Gasteiger charge is -2.39. The van der Waals surface area contributed by atoms with Crippen LogP contribution in [-0.4, -0.2) is 29.6 Å². The largest absolute Gasteiger partial charge is 0.352 e. The number of halogens is 1. The van der Waals surface area contributed by atoms with E-state index in [0.29, 0.717) is 16.1 Å².